The molecule has 2 rings (SSSR count). The summed E-state index contributed by atoms with van der Waals surface area (Å²) in [5.74, 6) is 0.979. The van der Waals surface area contributed by atoms with Crippen LogP contribution >= 0.6 is 12.2 Å². The Morgan fingerprint density at radius 3 is 2.47 bits per heavy atom. The molecule has 0 bridgehead atoms. The van der Waals surface area contributed by atoms with Crippen molar-refractivity contribution in [2.75, 3.05) is 5.32 Å². The number of carbonyl (C=O) groups is 1. The molecule has 1 aromatic carbocycles. The quantitative estimate of drug-likeness (QED) is 0.831. The fraction of sp³-hybridized carbons (Fsp3) is 0.429. The molecule has 0 saturated heterocycles. The van der Waals surface area contributed by atoms with Crippen molar-refractivity contribution in [1.29, 1.82) is 0 Å². The van der Waals surface area contributed by atoms with E-state index in [1.165, 1.54) is 0 Å². The van der Waals surface area contributed by atoms with Gasteiger partial charge < -0.3 is 15.4 Å². The second-order valence-electron chi connectivity index (χ2n) is 4.91. The van der Waals surface area contributed by atoms with E-state index in [-0.39, 0.29) is 17.9 Å². The van der Waals surface area contributed by atoms with Crippen molar-refractivity contribution in [2.24, 2.45) is 5.92 Å². The average Bonchev–Trinajstić information content (AvgIpc) is 3.14. The molecule has 1 amide bonds. The maximum Gasteiger partial charge on any atom is 0.229 e. The van der Waals surface area contributed by atoms with Crippen LogP contribution < -0.4 is 15.4 Å². The summed E-state index contributed by atoms with van der Waals surface area (Å²) < 4.78 is 5.55. The van der Waals surface area contributed by atoms with Gasteiger partial charge in [-0.25, -0.2) is 0 Å². The monoisotopic (exact) mass is 278 g/mol. The highest BCUT2D eigenvalue weighted by atomic mass is 32.1. The van der Waals surface area contributed by atoms with Gasteiger partial charge in [-0.1, -0.05) is 0 Å². The molecule has 1 saturated carbocycles. The van der Waals surface area contributed by atoms with E-state index < -0.39 is 0 Å². The molecule has 0 aliphatic heterocycles. The number of thiocarbonyl (C=S) groups is 1. The van der Waals surface area contributed by atoms with Gasteiger partial charge in [-0.05, 0) is 63.2 Å². The number of benzene rings is 1. The summed E-state index contributed by atoms with van der Waals surface area (Å²) in [6.45, 7) is 3.96. The highest BCUT2D eigenvalue weighted by molar-refractivity contribution is 7.80. The lowest BCUT2D eigenvalue weighted by atomic mass is 10.3. The number of ether oxygens (including phenoxy) is 1. The topological polar surface area (TPSA) is 50.4 Å². The molecule has 19 heavy (non-hydrogen) atoms. The zero-order chi connectivity index (χ0) is 13.8. The third kappa shape index (κ3) is 4.52. The number of hydrogen-bond donors (Lipinski definition) is 2. The Hall–Kier alpha value is -1.62. The summed E-state index contributed by atoms with van der Waals surface area (Å²) in [5.41, 5.74) is 0.831. The second kappa shape index (κ2) is 6.02. The minimum absolute atomic E-state index is 0.0114. The average molecular weight is 278 g/mol. The number of anilines is 1. The fourth-order valence-electron chi connectivity index (χ4n) is 1.61. The van der Waals surface area contributed by atoms with E-state index in [9.17, 15) is 4.79 Å². The zero-order valence-corrected chi connectivity index (χ0v) is 11.9. The Morgan fingerprint density at radius 2 is 1.95 bits per heavy atom. The molecule has 4 nitrogen and oxygen atoms in total. The van der Waals surface area contributed by atoms with Gasteiger partial charge in [-0.2, -0.15) is 0 Å². The molecule has 102 valence electrons. The van der Waals surface area contributed by atoms with Crippen molar-refractivity contribution in [3.8, 4) is 5.75 Å². The summed E-state index contributed by atoms with van der Waals surface area (Å²) in [4.78, 5) is 11.5. The van der Waals surface area contributed by atoms with E-state index >= 15 is 0 Å². The molecular formula is C14H18N2O2S. The van der Waals surface area contributed by atoms with Gasteiger partial charge in [-0.3, -0.25) is 4.79 Å². The summed E-state index contributed by atoms with van der Waals surface area (Å²) in [5, 5.41) is 6.01. The lowest BCUT2D eigenvalue weighted by Crippen LogP contribution is -2.35. The van der Waals surface area contributed by atoms with Crippen LogP contribution in [0.4, 0.5) is 5.69 Å². The Balaban J connectivity index is 1.84. The minimum Gasteiger partial charge on any atom is -0.491 e. The van der Waals surface area contributed by atoms with Crippen molar-refractivity contribution < 1.29 is 9.53 Å². The molecule has 0 spiro atoms. The summed E-state index contributed by atoms with van der Waals surface area (Å²) in [6, 6.07) is 7.47. The van der Waals surface area contributed by atoms with Gasteiger partial charge >= 0.3 is 0 Å². The van der Waals surface area contributed by atoms with Crippen molar-refractivity contribution in [1.82, 2.24) is 5.32 Å². The van der Waals surface area contributed by atoms with Crippen LogP contribution in [-0.4, -0.2) is 17.1 Å². The van der Waals surface area contributed by atoms with Gasteiger partial charge in [0.1, 0.15) is 5.75 Å². The molecule has 0 atom stereocenters. The minimum atomic E-state index is 0.0114. The van der Waals surface area contributed by atoms with Gasteiger partial charge in [0, 0.05) is 11.6 Å². The zero-order valence-electron chi connectivity index (χ0n) is 11.1. The predicted molar refractivity (Wildman–Crippen MR) is 79.3 cm³/mol. The van der Waals surface area contributed by atoms with Gasteiger partial charge in [0.15, 0.2) is 5.11 Å². The molecule has 2 N–H and O–H groups in total. The SMILES string of the molecule is CC(C)Oc1ccc(NC(=S)NC(=O)C2CC2)cc1. The molecule has 0 unspecified atom stereocenters. The van der Waals surface area contributed by atoms with Gasteiger partial charge in [0.05, 0.1) is 6.10 Å². The number of hydrogen-bond acceptors (Lipinski definition) is 3. The first kappa shape index (κ1) is 13.8. The van der Waals surface area contributed by atoms with E-state index in [0.29, 0.717) is 5.11 Å². The number of amides is 1. The molecule has 1 aromatic rings. The van der Waals surface area contributed by atoms with E-state index in [1.807, 2.05) is 38.1 Å². The Labute approximate surface area is 118 Å². The number of rotatable bonds is 4. The van der Waals surface area contributed by atoms with Crippen molar-refractivity contribution >= 4 is 28.9 Å². The van der Waals surface area contributed by atoms with E-state index in [1.54, 1.807) is 0 Å². The molecular weight excluding hydrogens is 260 g/mol. The third-order valence-electron chi connectivity index (χ3n) is 2.67. The highest BCUT2D eigenvalue weighted by Crippen LogP contribution is 2.28. The van der Waals surface area contributed by atoms with Crippen molar-refractivity contribution in [3.05, 3.63) is 24.3 Å². The molecule has 1 aliphatic carbocycles. The first-order valence-electron chi connectivity index (χ1n) is 6.43. The van der Waals surface area contributed by atoms with Crippen LogP contribution in [0.5, 0.6) is 5.75 Å². The van der Waals surface area contributed by atoms with Gasteiger partial charge in [0.25, 0.3) is 0 Å². The fourth-order valence-corrected chi connectivity index (χ4v) is 1.83. The number of nitrogens with one attached hydrogen (secondary N) is 2. The molecule has 1 aliphatic rings. The second-order valence-corrected chi connectivity index (χ2v) is 5.32. The largest absolute Gasteiger partial charge is 0.491 e. The molecule has 0 aromatic heterocycles. The Bertz CT molecular complexity index is 467. The summed E-state index contributed by atoms with van der Waals surface area (Å²) >= 11 is 5.09. The van der Waals surface area contributed by atoms with Crippen molar-refractivity contribution in [3.63, 3.8) is 0 Å². The summed E-state index contributed by atoms with van der Waals surface area (Å²) in [6.07, 6.45) is 2.09. The number of carbonyl (C=O) groups excluding carboxylic acids is 1. The maximum absolute atomic E-state index is 11.5. The molecule has 1 fully saturated rings. The van der Waals surface area contributed by atoms with Crippen LogP contribution in [0.1, 0.15) is 26.7 Å². The van der Waals surface area contributed by atoms with E-state index in [4.69, 9.17) is 17.0 Å². The molecule has 0 heterocycles. The third-order valence-corrected chi connectivity index (χ3v) is 2.87. The Morgan fingerprint density at radius 1 is 1.32 bits per heavy atom. The molecule has 5 heteroatoms. The van der Waals surface area contributed by atoms with Crippen molar-refractivity contribution in [2.45, 2.75) is 32.8 Å². The van der Waals surface area contributed by atoms with Gasteiger partial charge in [0.2, 0.25) is 5.91 Å². The first-order chi connectivity index (χ1) is 9.04. The summed E-state index contributed by atoms with van der Waals surface area (Å²) in [7, 11) is 0. The first-order valence-corrected chi connectivity index (χ1v) is 6.84. The van der Waals surface area contributed by atoms with Crippen LogP contribution in [0.25, 0.3) is 0 Å². The lowest BCUT2D eigenvalue weighted by molar-refractivity contribution is -0.120. The van der Waals surface area contributed by atoms with Crippen LogP contribution in [0.15, 0.2) is 24.3 Å². The van der Waals surface area contributed by atoms with E-state index in [0.717, 1.165) is 24.3 Å². The van der Waals surface area contributed by atoms with Crippen LogP contribution in [0.3, 0.4) is 0 Å². The Kier molecular flexibility index (Phi) is 4.37. The lowest BCUT2D eigenvalue weighted by Gasteiger charge is -2.12. The van der Waals surface area contributed by atoms with Gasteiger partial charge in [-0.15, -0.1) is 0 Å². The maximum atomic E-state index is 11.5. The highest BCUT2D eigenvalue weighted by Gasteiger charge is 2.29. The van der Waals surface area contributed by atoms with E-state index in [2.05, 4.69) is 10.6 Å². The van der Waals surface area contributed by atoms with Crippen LogP contribution in [0.2, 0.25) is 0 Å². The normalized spacial score (nSPS) is 14.1. The standard InChI is InChI=1S/C14H18N2O2S/c1-9(2)18-12-7-5-11(6-8-12)15-14(19)16-13(17)10-3-4-10/h5-10H,3-4H2,1-2H3,(H2,15,16,17,19). The smallest absolute Gasteiger partial charge is 0.229 e. The van der Waals surface area contributed by atoms with Crippen LogP contribution in [0, 0.1) is 5.92 Å². The predicted octanol–water partition coefficient (Wildman–Crippen LogP) is 2.70. The van der Waals surface area contributed by atoms with Crippen LogP contribution in [-0.2, 0) is 4.79 Å². The molecule has 0 radical (unpaired) electrons.